The van der Waals surface area contributed by atoms with Crippen LogP contribution in [0.3, 0.4) is 0 Å². The van der Waals surface area contributed by atoms with Crippen LogP contribution in [0.4, 0.5) is 0 Å². The number of piperidine rings is 1. The Kier molecular flexibility index (Phi) is 6.00. The summed E-state index contributed by atoms with van der Waals surface area (Å²) in [6.45, 7) is 2.08. The largest absolute Gasteiger partial charge is 0.388 e. The van der Waals surface area contributed by atoms with Crippen LogP contribution in [-0.4, -0.2) is 61.3 Å². The van der Waals surface area contributed by atoms with Crippen molar-refractivity contribution in [2.24, 2.45) is 0 Å². The normalized spacial score (nSPS) is 19.2. The van der Waals surface area contributed by atoms with Crippen LogP contribution in [-0.2, 0) is 11.3 Å². The summed E-state index contributed by atoms with van der Waals surface area (Å²) in [6, 6.07) is 2.28. The minimum absolute atomic E-state index is 0.126. The molecule has 1 aliphatic carbocycles. The number of carbonyl (C=O) groups is 2. The number of hydrogen-bond donors (Lipinski definition) is 3. The van der Waals surface area contributed by atoms with Crippen LogP contribution in [0.1, 0.15) is 61.2 Å². The number of aromatic nitrogens is 3. The van der Waals surface area contributed by atoms with Gasteiger partial charge in [-0.15, -0.1) is 0 Å². The summed E-state index contributed by atoms with van der Waals surface area (Å²) >= 11 is 0. The van der Waals surface area contributed by atoms with E-state index in [-0.39, 0.29) is 44.1 Å². The van der Waals surface area contributed by atoms with E-state index in [0.29, 0.717) is 5.92 Å². The van der Waals surface area contributed by atoms with Gasteiger partial charge in [-0.05, 0) is 32.6 Å². The number of aromatic amines is 1. The van der Waals surface area contributed by atoms with E-state index in [1.54, 1.807) is 17.9 Å². The van der Waals surface area contributed by atoms with Crippen LogP contribution in [0.5, 0.6) is 0 Å². The Hall–Kier alpha value is -3.21. The average Bonchev–Trinajstić information content (AvgIpc) is 3.18. The number of aliphatic hydroxyl groups is 1. The van der Waals surface area contributed by atoms with E-state index in [9.17, 15) is 24.3 Å². The van der Waals surface area contributed by atoms with Crippen molar-refractivity contribution in [3.63, 3.8) is 0 Å². The van der Waals surface area contributed by atoms with Crippen LogP contribution in [0.15, 0.2) is 32.4 Å². The molecular weight excluding hydrogens is 418 g/mol. The number of amides is 2. The second kappa shape index (κ2) is 8.73. The maximum absolute atomic E-state index is 12.5. The van der Waals surface area contributed by atoms with E-state index < -0.39 is 28.8 Å². The molecule has 4 rings (SSSR count). The third kappa shape index (κ3) is 4.52. The maximum atomic E-state index is 12.5. The molecule has 2 aliphatic rings. The molecule has 0 bridgehead atoms. The van der Waals surface area contributed by atoms with Crippen molar-refractivity contribution in [3.05, 3.63) is 50.6 Å². The lowest BCUT2D eigenvalue weighted by molar-refractivity contribution is -0.137. The lowest BCUT2D eigenvalue weighted by Gasteiger charge is -2.41. The van der Waals surface area contributed by atoms with Crippen molar-refractivity contribution in [2.75, 3.05) is 13.1 Å². The SMILES string of the molecule is CC(NC(=O)c1cc(C2CCC2)no1)C1(O)CCN(C(=O)Cn2ccc(=O)[nH]c2=O)CC1. The van der Waals surface area contributed by atoms with Gasteiger partial charge in [0, 0.05) is 37.3 Å². The summed E-state index contributed by atoms with van der Waals surface area (Å²) in [5, 5.41) is 17.8. The van der Waals surface area contributed by atoms with Crippen molar-refractivity contribution >= 4 is 11.8 Å². The van der Waals surface area contributed by atoms with Gasteiger partial charge in [-0.1, -0.05) is 11.6 Å². The summed E-state index contributed by atoms with van der Waals surface area (Å²) < 4.78 is 6.31. The molecule has 2 amide bonds. The van der Waals surface area contributed by atoms with Gasteiger partial charge in [-0.2, -0.15) is 0 Å². The summed E-state index contributed by atoms with van der Waals surface area (Å²) in [5.41, 5.74) is -1.56. The van der Waals surface area contributed by atoms with Crippen LogP contribution < -0.4 is 16.6 Å². The van der Waals surface area contributed by atoms with Gasteiger partial charge in [0.2, 0.25) is 11.7 Å². The van der Waals surface area contributed by atoms with E-state index in [2.05, 4.69) is 15.5 Å². The van der Waals surface area contributed by atoms with Gasteiger partial charge in [-0.25, -0.2) is 4.79 Å². The summed E-state index contributed by atoms with van der Waals surface area (Å²) in [4.78, 5) is 51.7. The second-order valence-corrected chi connectivity index (χ2v) is 8.66. The van der Waals surface area contributed by atoms with Crippen LogP contribution in [0.25, 0.3) is 0 Å². The lowest BCUT2D eigenvalue weighted by Crippen LogP contribution is -2.57. The van der Waals surface area contributed by atoms with Crippen molar-refractivity contribution < 1.29 is 19.2 Å². The monoisotopic (exact) mass is 445 g/mol. The lowest BCUT2D eigenvalue weighted by atomic mass is 9.83. The fourth-order valence-electron chi connectivity index (χ4n) is 4.09. The van der Waals surface area contributed by atoms with E-state index in [4.69, 9.17) is 4.52 Å². The second-order valence-electron chi connectivity index (χ2n) is 8.66. The average molecular weight is 445 g/mol. The molecule has 1 atom stereocenters. The Morgan fingerprint density at radius 1 is 1.34 bits per heavy atom. The standard InChI is InChI=1S/C21H27N5O6/c1-13(22-19(29)16-11-15(24-32-16)14-3-2-4-14)21(31)6-9-25(10-7-21)18(28)12-26-8-5-17(27)23-20(26)30/h5,8,11,13-14,31H,2-4,6-7,9-10,12H2,1H3,(H,22,29)(H,23,27,30). The van der Waals surface area contributed by atoms with Gasteiger partial charge in [-0.3, -0.25) is 23.9 Å². The van der Waals surface area contributed by atoms with Crippen LogP contribution in [0, 0.1) is 0 Å². The highest BCUT2D eigenvalue weighted by atomic mass is 16.5. The quantitative estimate of drug-likeness (QED) is 0.565. The molecule has 0 aromatic carbocycles. The van der Waals surface area contributed by atoms with Crippen molar-refractivity contribution in [3.8, 4) is 0 Å². The fourth-order valence-corrected chi connectivity index (χ4v) is 4.09. The van der Waals surface area contributed by atoms with Gasteiger partial charge in [0.05, 0.1) is 17.3 Å². The van der Waals surface area contributed by atoms with Gasteiger partial charge in [0.15, 0.2) is 0 Å². The molecule has 32 heavy (non-hydrogen) atoms. The number of hydrogen-bond acceptors (Lipinski definition) is 7. The first kappa shape index (κ1) is 22.0. The zero-order valence-corrected chi connectivity index (χ0v) is 17.9. The Morgan fingerprint density at radius 2 is 2.06 bits per heavy atom. The topological polar surface area (TPSA) is 151 Å². The van der Waals surface area contributed by atoms with Gasteiger partial charge < -0.3 is 19.8 Å². The molecule has 1 aliphatic heterocycles. The first-order valence-corrected chi connectivity index (χ1v) is 10.8. The summed E-state index contributed by atoms with van der Waals surface area (Å²) in [5.74, 6) is -0.236. The molecule has 2 fully saturated rings. The van der Waals surface area contributed by atoms with E-state index in [1.165, 1.54) is 12.3 Å². The highest BCUT2D eigenvalue weighted by Crippen LogP contribution is 2.35. The number of likely N-dealkylation sites (tertiary alicyclic amines) is 1. The maximum Gasteiger partial charge on any atom is 0.328 e. The van der Waals surface area contributed by atoms with Gasteiger partial charge >= 0.3 is 5.69 Å². The molecule has 11 nitrogen and oxygen atoms in total. The number of nitrogens with one attached hydrogen (secondary N) is 2. The third-order valence-electron chi connectivity index (χ3n) is 6.61. The zero-order chi connectivity index (χ0) is 22.9. The number of nitrogens with zero attached hydrogens (tertiary/aromatic N) is 3. The Labute approximate surface area is 183 Å². The Morgan fingerprint density at radius 3 is 2.69 bits per heavy atom. The highest BCUT2D eigenvalue weighted by Gasteiger charge is 2.39. The Balaban J connectivity index is 1.31. The van der Waals surface area contributed by atoms with Crippen LogP contribution >= 0.6 is 0 Å². The first-order chi connectivity index (χ1) is 15.2. The molecule has 2 aromatic heterocycles. The minimum Gasteiger partial charge on any atom is -0.388 e. The van der Waals surface area contributed by atoms with Crippen LogP contribution in [0.2, 0.25) is 0 Å². The molecular formula is C21H27N5O6. The fraction of sp³-hybridized carbons (Fsp3) is 0.571. The molecule has 0 spiro atoms. The third-order valence-corrected chi connectivity index (χ3v) is 6.61. The first-order valence-electron chi connectivity index (χ1n) is 10.8. The molecule has 1 saturated heterocycles. The number of rotatable bonds is 6. The molecule has 1 unspecified atom stereocenters. The van der Waals surface area contributed by atoms with Crippen molar-refractivity contribution in [1.82, 2.24) is 24.9 Å². The van der Waals surface area contributed by atoms with Crippen molar-refractivity contribution in [1.29, 1.82) is 0 Å². The highest BCUT2D eigenvalue weighted by molar-refractivity contribution is 5.91. The number of carbonyl (C=O) groups excluding carboxylic acids is 2. The van der Waals surface area contributed by atoms with E-state index in [0.717, 1.165) is 29.5 Å². The minimum atomic E-state index is -1.18. The number of H-pyrrole nitrogens is 1. The van der Waals surface area contributed by atoms with E-state index >= 15 is 0 Å². The molecule has 2 aromatic rings. The predicted molar refractivity (Wildman–Crippen MR) is 112 cm³/mol. The molecule has 3 heterocycles. The Bertz CT molecular complexity index is 1110. The molecule has 3 N–H and O–H groups in total. The molecule has 0 radical (unpaired) electrons. The van der Waals surface area contributed by atoms with Gasteiger partial charge in [0.25, 0.3) is 11.5 Å². The molecule has 11 heteroatoms. The van der Waals surface area contributed by atoms with Crippen molar-refractivity contribution in [2.45, 2.75) is 63.1 Å². The summed E-state index contributed by atoms with van der Waals surface area (Å²) in [7, 11) is 0. The smallest absolute Gasteiger partial charge is 0.328 e. The molecule has 172 valence electrons. The predicted octanol–water partition coefficient (Wildman–Crippen LogP) is -0.0359. The summed E-state index contributed by atoms with van der Waals surface area (Å²) in [6.07, 6.45) is 5.07. The van der Waals surface area contributed by atoms with Gasteiger partial charge in [0.1, 0.15) is 6.54 Å². The van der Waals surface area contributed by atoms with E-state index in [1.807, 2.05) is 0 Å². The zero-order valence-electron chi connectivity index (χ0n) is 17.9. The molecule has 1 saturated carbocycles.